The molecule has 13 nitrogen and oxygen atoms in total. The molecule has 2 aromatic heterocycles. The number of hydrogen-bond donors (Lipinski definition) is 5. The standard InChI is InChI=1S/C33H62N5O8P/c1-2-3-4-5-6-7-8-9-10-11-12-13-14-15-16-17-22-44-26-29(40)19-18-23-45-47(42,43)46-25-28(24-39)20-21-38-27-35-30-31(38)36-33(34)37-32(30)41/h27-29,39-40H,2-26H2,1H3,(H,42,43)(H3,34,36,37,41)/t28-,29+/m1/s1. The van der Waals surface area contributed by atoms with Crippen molar-refractivity contribution in [1.82, 2.24) is 19.5 Å². The summed E-state index contributed by atoms with van der Waals surface area (Å²) < 4.78 is 29.6. The number of hydrogen-bond acceptors (Lipinski definition) is 10. The predicted molar refractivity (Wildman–Crippen MR) is 185 cm³/mol. The molecule has 0 aromatic carbocycles. The lowest BCUT2D eigenvalue weighted by molar-refractivity contribution is 0.0270. The quantitative estimate of drug-likeness (QED) is 0.0444. The van der Waals surface area contributed by atoms with Gasteiger partial charge in [-0.15, -0.1) is 0 Å². The highest BCUT2D eigenvalue weighted by Crippen LogP contribution is 2.43. The molecule has 2 aromatic rings. The number of aliphatic hydroxyl groups is 2. The summed E-state index contributed by atoms with van der Waals surface area (Å²) in [5, 5.41) is 19.8. The summed E-state index contributed by atoms with van der Waals surface area (Å²) >= 11 is 0. The third-order valence-electron chi connectivity index (χ3n) is 8.39. The average molecular weight is 688 g/mol. The van der Waals surface area contributed by atoms with Crippen LogP contribution in [-0.2, 0) is 24.9 Å². The van der Waals surface area contributed by atoms with Crippen molar-refractivity contribution in [2.45, 2.75) is 142 Å². The predicted octanol–water partition coefficient (Wildman–Crippen LogP) is 6.25. The van der Waals surface area contributed by atoms with Crippen LogP contribution in [0.2, 0.25) is 0 Å². The zero-order valence-corrected chi connectivity index (χ0v) is 29.6. The molecule has 14 heteroatoms. The van der Waals surface area contributed by atoms with Gasteiger partial charge in [-0.05, 0) is 25.7 Å². The van der Waals surface area contributed by atoms with E-state index in [1.165, 1.54) is 96.2 Å². The van der Waals surface area contributed by atoms with E-state index in [4.69, 9.17) is 19.5 Å². The van der Waals surface area contributed by atoms with Gasteiger partial charge in [0.1, 0.15) is 0 Å². The smallest absolute Gasteiger partial charge is 0.396 e. The molecule has 2 heterocycles. The number of nitrogens with one attached hydrogen (secondary N) is 1. The Labute approximate surface area is 280 Å². The maximum atomic E-state index is 12.3. The number of imidazole rings is 1. The number of aromatic nitrogens is 4. The monoisotopic (exact) mass is 687 g/mol. The van der Waals surface area contributed by atoms with Crippen LogP contribution in [0.3, 0.4) is 0 Å². The number of ether oxygens (including phenoxy) is 1. The van der Waals surface area contributed by atoms with E-state index >= 15 is 0 Å². The summed E-state index contributed by atoms with van der Waals surface area (Å²) in [5.41, 5.74) is 5.63. The third kappa shape index (κ3) is 19.1. The largest absolute Gasteiger partial charge is 0.472 e. The van der Waals surface area contributed by atoms with Crippen LogP contribution in [0.4, 0.5) is 5.95 Å². The lowest BCUT2D eigenvalue weighted by atomic mass is 10.0. The Hall–Kier alpha value is -1.86. The Balaban J connectivity index is 1.41. The van der Waals surface area contributed by atoms with Crippen molar-refractivity contribution in [3.63, 3.8) is 0 Å². The number of aliphatic hydroxyl groups excluding tert-OH is 2. The number of fused-ring (bicyclic) bond motifs is 1. The molecule has 272 valence electrons. The van der Waals surface area contributed by atoms with Crippen molar-refractivity contribution >= 4 is 24.9 Å². The molecule has 0 spiro atoms. The molecule has 0 aliphatic carbocycles. The van der Waals surface area contributed by atoms with Crippen molar-refractivity contribution in [3.05, 3.63) is 16.7 Å². The molecule has 0 aliphatic rings. The van der Waals surface area contributed by atoms with E-state index in [9.17, 15) is 24.5 Å². The van der Waals surface area contributed by atoms with Gasteiger partial charge in [-0.3, -0.25) is 18.8 Å². The number of nitrogens with two attached hydrogens (primary N) is 1. The van der Waals surface area contributed by atoms with Gasteiger partial charge in [0.2, 0.25) is 5.95 Å². The van der Waals surface area contributed by atoms with E-state index < -0.39 is 25.4 Å². The van der Waals surface area contributed by atoms with Gasteiger partial charge in [0.15, 0.2) is 11.2 Å². The molecule has 3 atom stereocenters. The molecule has 0 fully saturated rings. The van der Waals surface area contributed by atoms with Gasteiger partial charge in [0.25, 0.3) is 5.56 Å². The second-order valence-electron chi connectivity index (χ2n) is 12.7. The molecule has 0 amide bonds. The number of rotatable bonds is 31. The van der Waals surface area contributed by atoms with Crippen molar-refractivity contribution < 1.29 is 33.5 Å². The van der Waals surface area contributed by atoms with Crippen LogP contribution >= 0.6 is 7.82 Å². The lowest BCUT2D eigenvalue weighted by Crippen LogP contribution is -2.18. The SMILES string of the molecule is CCCCCCCCCCCCCCCCCCOC[C@@H](O)CCCOP(=O)(O)OC[C@@H](CO)CCn1cnc2c(=O)[nH]c(N)nc21. The molecule has 1 unspecified atom stereocenters. The van der Waals surface area contributed by atoms with Gasteiger partial charge >= 0.3 is 7.82 Å². The summed E-state index contributed by atoms with van der Waals surface area (Å²) in [6.45, 7) is 2.90. The van der Waals surface area contributed by atoms with Gasteiger partial charge in [0.05, 0.1) is 32.3 Å². The maximum Gasteiger partial charge on any atom is 0.472 e. The molecule has 0 bridgehead atoms. The summed E-state index contributed by atoms with van der Waals surface area (Å²) in [6.07, 6.45) is 23.0. The van der Waals surface area contributed by atoms with Crippen molar-refractivity contribution in [2.24, 2.45) is 5.92 Å². The highest BCUT2D eigenvalue weighted by Gasteiger charge is 2.23. The zero-order valence-electron chi connectivity index (χ0n) is 28.7. The van der Waals surface area contributed by atoms with Crippen molar-refractivity contribution in [3.8, 4) is 0 Å². The molecule has 0 saturated carbocycles. The highest BCUT2D eigenvalue weighted by atomic mass is 31.2. The van der Waals surface area contributed by atoms with Crippen LogP contribution in [0.1, 0.15) is 129 Å². The van der Waals surface area contributed by atoms with Gasteiger partial charge < -0.3 is 30.1 Å². The van der Waals surface area contributed by atoms with Crippen LogP contribution in [0.5, 0.6) is 0 Å². The molecular weight excluding hydrogens is 625 g/mol. The normalized spacial score (nSPS) is 14.5. The first-order valence-electron chi connectivity index (χ1n) is 17.9. The number of phosphoric ester groups is 1. The third-order valence-corrected chi connectivity index (χ3v) is 9.38. The Morgan fingerprint density at radius 1 is 0.872 bits per heavy atom. The van der Waals surface area contributed by atoms with Crippen LogP contribution in [-0.4, -0.2) is 73.8 Å². The van der Waals surface area contributed by atoms with E-state index in [2.05, 4.69) is 21.9 Å². The Bertz CT molecular complexity index is 1180. The summed E-state index contributed by atoms with van der Waals surface area (Å²) in [7, 11) is -4.33. The molecule has 0 saturated heterocycles. The lowest BCUT2D eigenvalue weighted by Gasteiger charge is -2.18. The number of aromatic amines is 1. The molecule has 6 N–H and O–H groups in total. The molecular formula is C33H62N5O8P. The van der Waals surface area contributed by atoms with Crippen LogP contribution < -0.4 is 11.3 Å². The number of aryl methyl sites for hydroxylation is 1. The van der Waals surface area contributed by atoms with E-state index in [1.54, 1.807) is 4.57 Å². The van der Waals surface area contributed by atoms with E-state index in [-0.39, 0.29) is 37.9 Å². The fraction of sp³-hybridized carbons (Fsp3) is 0.848. The number of nitrogen functional groups attached to an aromatic ring is 1. The fourth-order valence-electron chi connectivity index (χ4n) is 5.47. The minimum absolute atomic E-state index is 0.0321. The average Bonchev–Trinajstić information content (AvgIpc) is 3.45. The fourth-order valence-corrected chi connectivity index (χ4v) is 6.31. The first kappa shape index (κ1) is 41.3. The highest BCUT2D eigenvalue weighted by molar-refractivity contribution is 7.47. The van der Waals surface area contributed by atoms with Crippen molar-refractivity contribution in [2.75, 3.05) is 38.8 Å². The van der Waals surface area contributed by atoms with Gasteiger partial charge in [-0.25, -0.2) is 9.55 Å². The maximum absolute atomic E-state index is 12.3. The Morgan fingerprint density at radius 3 is 2.06 bits per heavy atom. The number of anilines is 1. The molecule has 2 rings (SSSR count). The Kier molecular flexibility index (Phi) is 22.1. The van der Waals surface area contributed by atoms with Crippen LogP contribution in [0.25, 0.3) is 11.2 Å². The first-order chi connectivity index (χ1) is 22.8. The first-order valence-corrected chi connectivity index (χ1v) is 19.4. The second-order valence-corrected chi connectivity index (χ2v) is 14.1. The summed E-state index contributed by atoms with van der Waals surface area (Å²) in [6, 6.07) is 0. The molecule has 47 heavy (non-hydrogen) atoms. The van der Waals surface area contributed by atoms with E-state index in [0.29, 0.717) is 38.1 Å². The van der Waals surface area contributed by atoms with Crippen LogP contribution in [0, 0.1) is 5.92 Å². The minimum atomic E-state index is -4.33. The molecule has 0 radical (unpaired) electrons. The minimum Gasteiger partial charge on any atom is -0.396 e. The second kappa shape index (κ2) is 25.2. The Morgan fingerprint density at radius 2 is 1.47 bits per heavy atom. The van der Waals surface area contributed by atoms with Crippen molar-refractivity contribution in [1.29, 1.82) is 0 Å². The number of H-pyrrole nitrogens is 1. The van der Waals surface area contributed by atoms with E-state index in [0.717, 1.165) is 12.8 Å². The summed E-state index contributed by atoms with van der Waals surface area (Å²) in [5.74, 6) is -0.500. The summed E-state index contributed by atoms with van der Waals surface area (Å²) in [4.78, 5) is 32.5. The topological polar surface area (TPSA) is 195 Å². The van der Waals surface area contributed by atoms with Gasteiger partial charge in [-0.2, -0.15) is 4.98 Å². The van der Waals surface area contributed by atoms with E-state index in [1.807, 2.05) is 0 Å². The number of unbranched alkanes of at least 4 members (excludes halogenated alkanes) is 15. The number of nitrogens with zero attached hydrogens (tertiary/aromatic N) is 3. The molecule has 0 aliphatic heterocycles. The van der Waals surface area contributed by atoms with Gasteiger partial charge in [0, 0.05) is 25.7 Å². The van der Waals surface area contributed by atoms with Gasteiger partial charge in [-0.1, -0.05) is 103 Å². The van der Waals surface area contributed by atoms with Crippen LogP contribution in [0.15, 0.2) is 11.1 Å². The number of phosphoric acid groups is 1. The zero-order chi connectivity index (χ0) is 34.2.